The molecule has 0 amide bonds. The molecule has 2 saturated carbocycles. The van der Waals surface area contributed by atoms with Crippen LogP contribution in [0.1, 0.15) is 102 Å². The summed E-state index contributed by atoms with van der Waals surface area (Å²) in [7, 11) is 0. The van der Waals surface area contributed by atoms with E-state index in [4.69, 9.17) is 0 Å². The normalized spacial score (nSPS) is 19.1. The van der Waals surface area contributed by atoms with Crippen LogP contribution in [-0.2, 0) is 6.42 Å². The van der Waals surface area contributed by atoms with E-state index in [9.17, 15) is 17.6 Å². The van der Waals surface area contributed by atoms with E-state index in [1.807, 2.05) is 0 Å². The first-order valence-electron chi connectivity index (χ1n) is 12.5. The van der Waals surface area contributed by atoms with Crippen molar-refractivity contribution in [1.82, 2.24) is 0 Å². The van der Waals surface area contributed by atoms with Crippen molar-refractivity contribution in [3.8, 4) is 5.75 Å². The van der Waals surface area contributed by atoms with Crippen LogP contribution in [0.4, 0.5) is 17.6 Å². The van der Waals surface area contributed by atoms with Gasteiger partial charge in [-0.05, 0) is 48.6 Å². The van der Waals surface area contributed by atoms with Gasteiger partial charge in [0.05, 0.1) is 0 Å². The van der Waals surface area contributed by atoms with Gasteiger partial charge in [-0.2, -0.15) is 0 Å². The molecule has 0 heterocycles. The van der Waals surface area contributed by atoms with Crippen molar-refractivity contribution in [2.75, 3.05) is 0 Å². The average Bonchev–Trinajstić information content (AvgIpc) is 2.74. The molecule has 176 valence electrons. The Kier molecular flexibility index (Phi) is 9.52. The highest BCUT2D eigenvalue weighted by atomic mass is 19.4. The molecular weight excluding hydrogens is 404 g/mol. The van der Waals surface area contributed by atoms with Crippen molar-refractivity contribution < 1.29 is 22.3 Å². The molecule has 1 aromatic carbocycles. The lowest BCUT2D eigenvalue weighted by atomic mass is 9.68. The van der Waals surface area contributed by atoms with E-state index >= 15 is 0 Å². The lowest BCUT2D eigenvalue weighted by Gasteiger charge is -2.38. The van der Waals surface area contributed by atoms with E-state index in [1.165, 1.54) is 89.2 Å². The number of alkyl halides is 3. The molecule has 0 saturated heterocycles. The zero-order valence-corrected chi connectivity index (χ0v) is 18.7. The van der Waals surface area contributed by atoms with Crippen LogP contribution < -0.4 is 4.74 Å². The smallest absolute Gasteiger partial charge is 0.406 e. The van der Waals surface area contributed by atoms with Crippen molar-refractivity contribution in [1.29, 1.82) is 0 Å². The van der Waals surface area contributed by atoms with E-state index in [1.54, 1.807) is 0 Å². The second-order valence-corrected chi connectivity index (χ2v) is 9.71. The fourth-order valence-electron chi connectivity index (χ4n) is 5.96. The topological polar surface area (TPSA) is 9.23 Å². The second-order valence-electron chi connectivity index (χ2n) is 9.71. The van der Waals surface area contributed by atoms with E-state index in [0.717, 1.165) is 43.1 Å². The van der Waals surface area contributed by atoms with Crippen LogP contribution in [0.25, 0.3) is 0 Å². The molecule has 0 unspecified atom stereocenters. The number of hydrogen-bond donors (Lipinski definition) is 0. The Labute approximate surface area is 184 Å². The van der Waals surface area contributed by atoms with E-state index in [0.29, 0.717) is 12.0 Å². The summed E-state index contributed by atoms with van der Waals surface area (Å²) in [6, 6.07) is 3.45. The number of unbranched alkanes of at least 4 members (excludes halogenated alkanes) is 3. The van der Waals surface area contributed by atoms with Crippen molar-refractivity contribution in [3.63, 3.8) is 0 Å². The third-order valence-electron chi connectivity index (χ3n) is 7.50. The Morgan fingerprint density at radius 1 is 0.806 bits per heavy atom. The molecule has 0 aromatic heterocycles. The highest BCUT2D eigenvalue weighted by Gasteiger charge is 2.32. The maximum atomic E-state index is 14.1. The maximum Gasteiger partial charge on any atom is 0.573 e. The fraction of sp³-hybridized carbons (Fsp3) is 0.769. The summed E-state index contributed by atoms with van der Waals surface area (Å²) in [6.07, 6.45) is 15.6. The number of rotatable bonds is 10. The van der Waals surface area contributed by atoms with E-state index in [-0.39, 0.29) is 0 Å². The molecule has 0 radical (unpaired) electrons. The monoisotopic (exact) mass is 442 g/mol. The van der Waals surface area contributed by atoms with Gasteiger partial charge in [-0.25, -0.2) is 4.39 Å². The lowest BCUT2D eigenvalue weighted by Crippen LogP contribution is -2.27. The molecule has 0 atom stereocenters. The van der Waals surface area contributed by atoms with Crippen LogP contribution in [0.2, 0.25) is 0 Å². The summed E-state index contributed by atoms with van der Waals surface area (Å²) in [4.78, 5) is 0. The van der Waals surface area contributed by atoms with Crippen LogP contribution in [0.5, 0.6) is 5.75 Å². The minimum atomic E-state index is -4.79. The van der Waals surface area contributed by atoms with Gasteiger partial charge in [0.2, 0.25) is 0 Å². The molecule has 3 rings (SSSR count). The molecular formula is C26H38F4O. The third-order valence-corrected chi connectivity index (χ3v) is 7.50. The van der Waals surface area contributed by atoms with Gasteiger partial charge in [-0.1, -0.05) is 89.5 Å². The lowest BCUT2D eigenvalue weighted by molar-refractivity contribution is -0.274. The predicted octanol–water partition coefficient (Wildman–Crippen LogP) is 8.99. The number of benzene rings is 1. The molecule has 5 heteroatoms. The average molecular weight is 443 g/mol. The van der Waals surface area contributed by atoms with Crippen LogP contribution in [0, 0.1) is 23.6 Å². The highest BCUT2D eigenvalue weighted by Crippen LogP contribution is 2.42. The number of halogens is 4. The van der Waals surface area contributed by atoms with Gasteiger partial charge in [-0.15, -0.1) is 13.2 Å². The standard InChI is InChI=1S/C26H38F4O/c27-25-19-23(31-26(28,29)30)18-17-22(25)15-5-1-2-10-16-24(20-11-6-3-7-12-20)21-13-8-4-9-14-21/h17-21,24H,1-16H2. The Bertz CT molecular complexity index is 627. The fourth-order valence-corrected chi connectivity index (χ4v) is 5.96. The summed E-state index contributed by atoms with van der Waals surface area (Å²) in [5.74, 6) is 1.66. The van der Waals surface area contributed by atoms with Gasteiger partial charge >= 0.3 is 6.36 Å². The Hall–Kier alpha value is -1.26. The zero-order valence-electron chi connectivity index (χ0n) is 18.7. The number of ether oxygens (including phenoxy) is 1. The zero-order chi connectivity index (χ0) is 22.1. The second kappa shape index (κ2) is 12.1. The van der Waals surface area contributed by atoms with Crippen molar-refractivity contribution >= 4 is 0 Å². The first-order chi connectivity index (χ1) is 14.9. The third kappa shape index (κ3) is 8.31. The molecule has 31 heavy (non-hydrogen) atoms. The summed E-state index contributed by atoms with van der Waals surface area (Å²) < 4.78 is 54.6. The largest absolute Gasteiger partial charge is 0.573 e. The van der Waals surface area contributed by atoms with Crippen molar-refractivity contribution in [2.45, 2.75) is 109 Å². The molecule has 2 aliphatic rings. The summed E-state index contributed by atoms with van der Waals surface area (Å²) in [6.45, 7) is 0. The first-order valence-corrected chi connectivity index (χ1v) is 12.5. The van der Waals surface area contributed by atoms with Gasteiger partial charge in [0.25, 0.3) is 0 Å². The van der Waals surface area contributed by atoms with Gasteiger partial charge in [0.15, 0.2) is 0 Å². The molecule has 1 aromatic rings. The molecule has 0 N–H and O–H groups in total. The van der Waals surface area contributed by atoms with Gasteiger partial charge in [-0.3, -0.25) is 0 Å². The number of hydrogen-bond acceptors (Lipinski definition) is 1. The highest BCUT2D eigenvalue weighted by molar-refractivity contribution is 5.29. The predicted molar refractivity (Wildman–Crippen MR) is 117 cm³/mol. The summed E-state index contributed by atoms with van der Waals surface area (Å²) >= 11 is 0. The van der Waals surface area contributed by atoms with Crippen LogP contribution in [-0.4, -0.2) is 6.36 Å². The summed E-state index contributed by atoms with van der Waals surface area (Å²) in [5, 5.41) is 0. The van der Waals surface area contributed by atoms with Gasteiger partial charge in [0, 0.05) is 6.07 Å². The van der Waals surface area contributed by atoms with Crippen LogP contribution in [0.3, 0.4) is 0 Å². The summed E-state index contributed by atoms with van der Waals surface area (Å²) in [5.41, 5.74) is 0.469. The molecule has 0 spiro atoms. The van der Waals surface area contributed by atoms with Gasteiger partial charge in [0.1, 0.15) is 11.6 Å². The van der Waals surface area contributed by atoms with Crippen LogP contribution in [0.15, 0.2) is 18.2 Å². The quantitative estimate of drug-likeness (QED) is 0.259. The molecule has 1 nitrogen and oxygen atoms in total. The maximum absolute atomic E-state index is 14.1. The minimum Gasteiger partial charge on any atom is -0.406 e. The number of aryl methyl sites for hydroxylation is 1. The van der Waals surface area contributed by atoms with Crippen molar-refractivity contribution in [3.05, 3.63) is 29.6 Å². The Balaban J connectivity index is 1.39. The molecule has 2 fully saturated rings. The van der Waals surface area contributed by atoms with Crippen LogP contribution >= 0.6 is 0 Å². The molecule has 0 aliphatic heterocycles. The molecule has 2 aliphatic carbocycles. The van der Waals surface area contributed by atoms with E-state index < -0.39 is 17.9 Å². The van der Waals surface area contributed by atoms with Crippen molar-refractivity contribution in [2.24, 2.45) is 17.8 Å². The van der Waals surface area contributed by atoms with Gasteiger partial charge < -0.3 is 4.74 Å². The molecule has 0 bridgehead atoms. The Morgan fingerprint density at radius 2 is 1.39 bits per heavy atom. The Morgan fingerprint density at radius 3 is 1.94 bits per heavy atom. The first kappa shape index (κ1) is 24.4. The SMILES string of the molecule is Fc1cc(OC(F)(F)F)ccc1CCCCCCC(C1CCCCC1)C1CCCCC1. The van der Waals surface area contributed by atoms with E-state index in [2.05, 4.69) is 4.74 Å². The minimum absolute atomic E-state index is 0.469.